The van der Waals surface area contributed by atoms with Gasteiger partial charge in [-0.25, -0.2) is 8.42 Å². The van der Waals surface area contributed by atoms with Crippen LogP contribution in [0.3, 0.4) is 0 Å². The lowest BCUT2D eigenvalue weighted by molar-refractivity contribution is -0.143. The van der Waals surface area contributed by atoms with Crippen LogP contribution in [0.2, 0.25) is 5.02 Å². The second-order valence-corrected chi connectivity index (χ2v) is 9.25. The van der Waals surface area contributed by atoms with Crippen LogP contribution in [0.4, 0.5) is 0 Å². The quantitative estimate of drug-likeness (QED) is 0.894. The highest BCUT2D eigenvalue weighted by atomic mass is 35.5. The number of hydrogen-bond donors (Lipinski definition) is 1. The third-order valence-electron chi connectivity index (χ3n) is 4.22. The van der Waals surface area contributed by atoms with Gasteiger partial charge in [0, 0.05) is 22.7 Å². The molecule has 0 spiro atoms. The summed E-state index contributed by atoms with van der Waals surface area (Å²) in [5, 5.41) is 10.1. The van der Waals surface area contributed by atoms with Gasteiger partial charge in [0.2, 0.25) is 0 Å². The van der Waals surface area contributed by atoms with Crippen molar-refractivity contribution in [2.24, 2.45) is 5.92 Å². The molecule has 0 radical (unpaired) electrons. The number of sulfonamides is 1. The fourth-order valence-corrected chi connectivity index (χ4v) is 6.81. The SMILES string of the molecule is CC1CCC(C(=O)O)CN1S(=O)(=O)c1sc2ccccc2c1Cl. The zero-order valence-corrected chi connectivity index (χ0v) is 14.8. The van der Waals surface area contributed by atoms with Crippen LogP contribution < -0.4 is 0 Å². The molecule has 2 unspecified atom stereocenters. The second kappa shape index (κ2) is 6.05. The molecule has 2 atom stereocenters. The minimum atomic E-state index is -3.81. The van der Waals surface area contributed by atoms with Gasteiger partial charge in [-0.3, -0.25) is 4.79 Å². The van der Waals surface area contributed by atoms with Crippen LogP contribution in [-0.2, 0) is 14.8 Å². The molecule has 124 valence electrons. The number of benzene rings is 1. The molecule has 1 fully saturated rings. The largest absolute Gasteiger partial charge is 0.481 e. The summed E-state index contributed by atoms with van der Waals surface area (Å²) >= 11 is 7.42. The van der Waals surface area contributed by atoms with Crippen molar-refractivity contribution in [2.75, 3.05) is 6.54 Å². The summed E-state index contributed by atoms with van der Waals surface area (Å²) < 4.78 is 28.2. The van der Waals surface area contributed by atoms with Crippen molar-refractivity contribution in [3.8, 4) is 0 Å². The maximum atomic E-state index is 13.0. The summed E-state index contributed by atoms with van der Waals surface area (Å²) in [5.41, 5.74) is 0. The van der Waals surface area contributed by atoms with E-state index in [9.17, 15) is 18.3 Å². The minimum absolute atomic E-state index is 0.0105. The van der Waals surface area contributed by atoms with Crippen molar-refractivity contribution in [1.29, 1.82) is 0 Å². The molecule has 0 aliphatic carbocycles. The number of fused-ring (bicyclic) bond motifs is 1. The highest BCUT2D eigenvalue weighted by Crippen LogP contribution is 2.41. The van der Waals surface area contributed by atoms with E-state index in [1.54, 1.807) is 19.1 Å². The van der Waals surface area contributed by atoms with E-state index in [0.29, 0.717) is 18.2 Å². The smallest absolute Gasteiger partial charge is 0.307 e. The Morgan fingerprint density at radius 3 is 2.70 bits per heavy atom. The first-order chi connectivity index (χ1) is 10.8. The third-order valence-corrected chi connectivity index (χ3v) is 8.49. The van der Waals surface area contributed by atoms with E-state index in [2.05, 4.69) is 0 Å². The average molecular weight is 374 g/mol. The molecule has 1 N–H and O–H groups in total. The Kier molecular flexibility index (Phi) is 4.39. The van der Waals surface area contributed by atoms with Crippen molar-refractivity contribution >= 4 is 49.0 Å². The summed E-state index contributed by atoms with van der Waals surface area (Å²) in [5.74, 6) is -1.63. The fourth-order valence-electron chi connectivity index (χ4n) is 2.88. The molecule has 1 saturated heterocycles. The van der Waals surface area contributed by atoms with Crippen LogP contribution in [0.5, 0.6) is 0 Å². The molecule has 0 amide bonds. The maximum Gasteiger partial charge on any atom is 0.307 e. The van der Waals surface area contributed by atoms with Gasteiger partial charge in [-0.1, -0.05) is 29.8 Å². The zero-order valence-electron chi connectivity index (χ0n) is 12.4. The summed E-state index contributed by atoms with van der Waals surface area (Å²) in [6, 6.07) is 7.01. The topological polar surface area (TPSA) is 74.7 Å². The molecule has 1 aromatic carbocycles. The van der Waals surface area contributed by atoms with E-state index in [4.69, 9.17) is 11.6 Å². The summed E-state index contributed by atoms with van der Waals surface area (Å²) in [7, 11) is -3.81. The summed E-state index contributed by atoms with van der Waals surface area (Å²) in [6.45, 7) is 1.79. The number of piperidine rings is 1. The van der Waals surface area contributed by atoms with Crippen molar-refractivity contribution in [1.82, 2.24) is 4.31 Å². The van der Waals surface area contributed by atoms with E-state index in [1.165, 1.54) is 4.31 Å². The lowest BCUT2D eigenvalue weighted by atomic mass is 9.96. The number of carboxylic acids is 1. The summed E-state index contributed by atoms with van der Waals surface area (Å²) in [4.78, 5) is 11.2. The van der Waals surface area contributed by atoms with Gasteiger partial charge >= 0.3 is 5.97 Å². The first kappa shape index (κ1) is 16.7. The zero-order chi connectivity index (χ0) is 16.8. The number of halogens is 1. The van der Waals surface area contributed by atoms with E-state index in [0.717, 1.165) is 16.0 Å². The molecular weight excluding hydrogens is 358 g/mol. The monoisotopic (exact) mass is 373 g/mol. The van der Waals surface area contributed by atoms with Crippen LogP contribution in [0.25, 0.3) is 10.1 Å². The molecule has 1 aliphatic heterocycles. The maximum absolute atomic E-state index is 13.0. The van der Waals surface area contributed by atoms with E-state index in [-0.39, 0.29) is 21.8 Å². The van der Waals surface area contributed by atoms with Crippen LogP contribution in [0, 0.1) is 5.92 Å². The number of aliphatic carboxylic acids is 1. The Labute approximate surface area is 143 Å². The predicted octanol–water partition coefficient (Wildman–Crippen LogP) is 3.43. The summed E-state index contributed by atoms with van der Waals surface area (Å²) in [6.07, 6.45) is 1.02. The van der Waals surface area contributed by atoms with E-state index >= 15 is 0 Å². The molecule has 5 nitrogen and oxygen atoms in total. The number of hydrogen-bond acceptors (Lipinski definition) is 4. The molecule has 2 aromatic rings. The molecule has 8 heteroatoms. The van der Waals surface area contributed by atoms with Gasteiger partial charge in [-0.15, -0.1) is 11.3 Å². The third kappa shape index (κ3) is 2.87. The molecule has 0 bridgehead atoms. The number of thiophene rings is 1. The van der Waals surface area contributed by atoms with Gasteiger partial charge in [-0.2, -0.15) is 4.31 Å². The highest BCUT2D eigenvalue weighted by molar-refractivity contribution is 7.91. The van der Waals surface area contributed by atoms with Gasteiger partial charge < -0.3 is 5.11 Å². The van der Waals surface area contributed by atoms with Crippen molar-refractivity contribution in [3.63, 3.8) is 0 Å². The standard InChI is InChI=1S/C15H16ClNO4S2/c1-9-6-7-10(14(18)19)8-17(9)23(20,21)15-13(16)11-4-2-3-5-12(11)22-15/h2-5,9-10H,6-8H2,1H3,(H,18,19). The molecule has 1 aromatic heterocycles. The van der Waals surface area contributed by atoms with Gasteiger partial charge in [0.1, 0.15) is 0 Å². The van der Waals surface area contributed by atoms with Crippen molar-refractivity contribution in [2.45, 2.75) is 30.0 Å². The molecule has 1 aliphatic rings. The Bertz CT molecular complexity index is 861. The van der Waals surface area contributed by atoms with E-state index in [1.807, 2.05) is 12.1 Å². The lowest BCUT2D eigenvalue weighted by Crippen LogP contribution is -2.47. The van der Waals surface area contributed by atoms with Gasteiger partial charge in [0.15, 0.2) is 4.21 Å². The van der Waals surface area contributed by atoms with Gasteiger partial charge in [0.05, 0.1) is 10.9 Å². The number of carbonyl (C=O) groups is 1. The normalized spacial score (nSPS) is 23.2. The Hall–Kier alpha value is -1.15. The lowest BCUT2D eigenvalue weighted by Gasteiger charge is -2.35. The van der Waals surface area contributed by atoms with Crippen molar-refractivity contribution in [3.05, 3.63) is 29.3 Å². The average Bonchev–Trinajstić information content (AvgIpc) is 2.85. The molecule has 2 heterocycles. The minimum Gasteiger partial charge on any atom is -0.481 e. The van der Waals surface area contributed by atoms with Crippen molar-refractivity contribution < 1.29 is 18.3 Å². The number of rotatable bonds is 3. The van der Waals surface area contributed by atoms with Crippen LogP contribution in [0.1, 0.15) is 19.8 Å². The van der Waals surface area contributed by atoms with E-state index < -0.39 is 21.9 Å². The van der Waals surface area contributed by atoms with Gasteiger partial charge in [0.25, 0.3) is 10.0 Å². The van der Waals surface area contributed by atoms with Gasteiger partial charge in [-0.05, 0) is 25.8 Å². The number of nitrogens with zero attached hydrogens (tertiary/aromatic N) is 1. The first-order valence-corrected chi connectivity index (χ1v) is 9.87. The molecular formula is C15H16ClNO4S2. The van der Waals surface area contributed by atoms with Crippen LogP contribution in [-0.4, -0.2) is 36.4 Å². The van der Waals surface area contributed by atoms with Crippen LogP contribution >= 0.6 is 22.9 Å². The van der Waals surface area contributed by atoms with Crippen LogP contribution in [0.15, 0.2) is 28.5 Å². The molecule has 0 saturated carbocycles. The molecule has 23 heavy (non-hydrogen) atoms. The Morgan fingerprint density at radius 1 is 1.35 bits per heavy atom. The Morgan fingerprint density at radius 2 is 2.04 bits per heavy atom. The number of carboxylic acid groups (broad SMARTS) is 1. The first-order valence-electron chi connectivity index (χ1n) is 7.24. The Balaban J connectivity index is 2.05. The highest BCUT2D eigenvalue weighted by Gasteiger charge is 2.39. The molecule has 3 rings (SSSR count). The predicted molar refractivity (Wildman–Crippen MR) is 90.5 cm³/mol. The fraction of sp³-hybridized carbons (Fsp3) is 0.400. The second-order valence-electron chi connectivity index (χ2n) is 5.74.